The predicted octanol–water partition coefficient (Wildman–Crippen LogP) is 2.36. The number of rotatable bonds is 5. The molecule has 1 aromatic heterocycles. The van der Waals surface area contributed by atoms with Crippen molar-refractivity contribution in [1.29, 1.82) is 0 Å². The van der Waals surface area contributed by atoms with E-state index in [2.05, 4.69) is 0 Å². The Labute approximate surface area is 86.4 Å². The first kappa shape index (κ1) is 10.9. The van der Waals surface area contributed by atoms with Crippen LogP contribution in [0.3, 0.4) is 0 Å². The zero-order valence-corrected chi connectivity index (χ0v) is 8.76. The first-order valence-electron chi connectivity index (χ1n) is 4.40. The Balaban J connectivity index is 2.54. The maximum atomic E-state index is 10.7. The largest absolute Gasteiger partial charge is 0.478 e. The minimum atomic E-state index is -0.885. The summed E-state index contributed by atoms with van der Waals surface area (Å²) in [7, 11) is 0. The van der Waals surface area contributed by atoms with Crippen molar-refractivity contribution in [1.82, 2.24) is 0 Å². The number of carboxylic acid groups (broad SMARTS) is 1. The lowest BCUT2D eigenvalue weighted by Crippen LogP contribution is -1.99. The van der Waals surface area contributed by atoms with Crippen molar-refractivity contribution in [3.63, 3.8) is 0 Å². The summed E-state index contributed by atoms with van der Waals surface area (Å²) in [6.07, 6.45) is 1.94. The van der Waals surface area contributed by atoms with Crippen molar-refractivity contribution in [3.05, 3.63) is 21.9 Å². The zero-order valence-electron chi connectivity index (χ0n) is 7.95. The molecule has 1 N–H and O–H groups in total. The molecule has 0 aromatic carbocycles. The van der Waals surface area contributed by atoms with Gasteiger partial charge in [-0.05, 0) is 31.2 Å². The molecule has 0 aliphatic heterocycles. The van der Waals surface area contributed by atoms with Gasteiger partial charge >= 0.3 is 5.97 Å². The molecule has 1 rings (SSSR count). The highest BCUT2D eigenvalue weighted by Crippen LogP contribution is 2.19. The number of ketones is 1. The Morgan fingerprint density at radius 1 is 1.50 bits per heavy atom. The van der Waals surface area contributed by atoms with Crippen LogP contribution >= 0.6 is 11.3 Å². The van der Waals surface area contributed by atoms with Crippen LogP contribution in [0.15, 0.2) is 11.4 Å². The molecule has 76 valence electrons. The first-order chi connectivity index (χ1) is 6.61. The fourth-order valence-corrected chi connectivity index (χ4v) is 2.14. The van der Waals surface area contributed by atoms with Crippen LogP contribution in [0.4, 0.5) is 0 Å². The highest BCUT2D eigenvalue weighted by molar-refractivity contribution is 7.10. The van der Waals surface area contributed by atoms with Crippen LogP contribution in [0.25, 0.3) is 0 Å². The minimum absolute atomic E-state index is 0.151. The molecular weight excluding hydrogens is 200 g/mol. The summed E-state index contributed by atoms with van der Waals surface area (Å²) in [5, 5.41) is 10.6. The molecule has 0 saturated carbocycles. The van der Waals surface area contributed by atoms with Crippen molar-refractivity contribution in [3.8, 4) is 0 Å². The normalized spacial score (nSPS) is 10.1. The Morgan fingerprint density at radius 3 is 2.79 bits per heavy atom. The molecule has 0 aliphatic carbocycles. The van der Waals surface area contributed by atoms with E-state index in [-0.39, 0.29) is 5.78 Å². The molecule has 1 aromatic rings. The number of carbonyl (C=O) groups is 2. The maximum Gasteiger partial charge on any atom is 0.336 e. The highest BCUT2D eigenvalue weighted by atomic mass is 32.1. The third kappa shape index (κ3) is 2.96. The van der Waals surface area contributed by atoms with Crippen molar-refractivity contribution in [2.24, 2.45) is 0 Å². The molecular formula is C10H12O3S. The molecule has 0 amide bonds. The number of thiophene rings is 1. The molecule has 0 aliphatic rings. The Bertz CT molecular complexity index is 341. The number of hydrogen-bond acceptors (Lipinski definition) is 3. The minimum Gasteiger partial charge on any atom is -0.478 e. The second kappa shape index (κ2) is 4.91. The van der Waals surface area contributed by atoms with Gasteiger partial charge in [0.2, 0.25) is 0 Å². The molecule has 0 bridgehead atoms. The highest BCUT2D eigenvalue weighted by Gasteiger charge is 2.10. The number of Topliss-reactive ketones (excluding diaryl/α,β-unsaturated/α-hetero) is 1. The van der Waals surface area contributed by atoms with Gasteiger partial charge in [0.15, 0.2) is 0 Å². The molecule has 0 unspecified atom stereocenters. The molecule has 0 fully saturated rings. The molecule has 0 radical (unpaired) electrons. The summed E-state index contributed by atoms with van der Waals surface area (Å²) >= 11 is 1.44. The van der Waals surface area contributed by atoms with E-state index < -0.39 is 5.97 Å². The molecule has 0 spiro atoms. The smallest absolute Gasteiger partial charge is 0.336 e. The van der Waals surface area contributed by atoms with E-state index in [0.29, 0.717) is 18.4 Å². The lowest BCUT2D eigenvalue weighted by Gasteiger charge is -1.98. The van der Waals surface area contributed by atoms with Crippen LogP contribution in [0.5, 0.6) is 0 Å². The van der Waals surface area contributed by atoms with Gasteiger partial charge in [-0.3, -0.25) is 0 Å². The molecule has 0 saturated heterocycles. The van der Waals surface area contributed by atoms with E-state index in [0.717, 1.165) is 11.3 Å². The number of aromatic carboxylic acids is 1. The van der Waals surface area contributed by atoms with Gasteiger partial charge in [-0.15, -0.1) is 11.3 Å². The van der Waals surface area contributed by atoms with Crippen molar-refractivity contribution >= 4 is 23.1 Å². The average Bonchev–Trinajstić information content (AvgIpc) is 2.51. The summed E-state index contributed by atoms with van der Waals surface area (Å²) in [5.74, 6) is -0.734. The van der Waals surface area contributed by atoms with Gasteiger partial charge in [0.1, 0.15) is 5.78 Å². The van der Waals surface area contributed by atoms with Gasteiger partial charge in [0.25, 0.3) is 0 Å². The number of aryl methyl sites for hydroxylation is 1. The summed E-state index contributed by atoms with van der Waals surface area (Å²) in [6.45, 7) is 1.55. The summed E-state index contributed by atoms with van der Waals surface area (Å²) in [6, 6.07) is 1.61. The Hall–Kier alpha value is -1.16. The third-order valence-electron chi connectivity index (χ3n) is 1.91. The third-order valence-corrected chi connectivity index (χ3v) is 2.89. The predicted molar refractivity (Wildman–Crippen MR) is 54.9 cm³/mol. The summed E-state index contributed by atoms with van der Waals surface area (Å²) in [5.41, 5.74) is 0.374. The van der Waals surface area contributed by atoms with Crippen LogP contribution in [-0.4, -0.2) is 16.9 Å². The standard InChI is InChI=1S/C10H12O3S/c1-7(11)3-2-4-9-8(10(12)13)5-6-14-9/h5-6H,2-4H2,1H3,(H,12,13). The van der Waals surface area contributed by atoms with Gasteiger partial charge in [0, 0.05) is 11.3 Å². The van der Waals surface area contributed by atoms with Crippen LogP contribution in [-0.2, 0) is 11.2 Å². The number of carbonyl (C=O) groups excluding carboxylic acids is 1. The SMILES string of the molecule is CC(=O)CCCc1sccc1C(=O)O. The summed E-state index contributed by atoms with van der Waals surface area (Å²) in [4.78, 5) is 22.3. The van der Waals surface area contributed by atoms with E-state index >= 15 is 0 Å². The fourth-order valence-electron chi connectivity index (χ4n) is 1.22. The second-order valence-electron chi connectivity index (χ2n) is 3.12. The Morgan fingerprint density at radius 2 is 2.21 bits per heavy atom. The molecule has 0 atom stereocenters. The van der Waals surface area contributed by atoms with Crippen molar-refractivity contribution in [2.45, 2.75) is 26.2 Å². The fraction of sp³-hybridized carbons (Fsp3) is 0.400. The van der Waals surface area contributed by atoms with Gasteiger partial charge < -0.3 is 9.90 Å². The van der Waals surface area contributed by atoms with Crippen LogP contribution < -0.4 is 0 Å². The van der Waals surface area contributed by atoms with Gasteiger partial charge in [-0.2, -0.15) is 0 Å². The van der Waals surface area contributed by atoms with E-state index in [1.165, 1.54) is 11.3 Å². The van der Waals surface area contributed by atoms with E-state index in [4.69, 9.17) is 5.11 Å². The monoisotopic (exact) mass is 212 g/mol. The molecule has 3 nitrogen and oxygen atoms in total. The van der Waals surface area contributed by atoms with Gasteiger partial charge in [-0.25, -0.2) is 4.79 Å². The topological polar surface area (TPSA) is 54.4 Å². The molecule has 1 heterocycles. The zero-order chi connectivity index (χ0) is 10.6. The van der Waals surface area contributed by atoms with E-state index in [1.807, 2.05) is 0 Å². The first-order valence-corrected chi connectivity index (χ1v) is 5.28. The van der Waals surface area contributed by atoms with Gasteiger partial charge in [0.05, 0.1) is 5.56 Å². The van der Waals surface area contributed by atoms with Crippen molar-refractivity contribution in [2.75, 3.05) is 0 Å². The Kier molecular flexibility index (Phi) is 3.83. The lowest BCUT2D eigenvalue weighted by molar-refractivity contribution is -0.117. The van der Waals surface area contributed by atoms with Crippen molar-refractivity contribution < 1.29 is 14.7 Å². The second-order valence-corrected chi connectivity index (χ2v) is 4.12. The van der Waals surface area contributed by atoms with Crippen LogP contribution in [0, 0.1) is 0 Å². The number of hydrogen-bond donors (Lipinski definition) is 1. The van der Waals surface area contributed by atoms with Crippen LogP contribution in [0.1, 0.15) is 35.0 Å². The van der Waals surface area contributed by atoms with E-state index in [1.54, 1.807) is 18.4 Å². The quantitative estimate of drug-likeness (QED) is 0.815. The molecule has 4 heteroatoms. The van der Waals surface area contributed by atoms with Gasteiger partial charge in [-0.1, -0.05) is 0 Å². The van der Waals surface area contributed by atoms with Crippen LogP contribution in [0.2, 0.25) is 0 Å². The van der Waals surface area contributed by atoms with E-state index in [9.17, 15) is 9.59 Å². The number of carboxylic acids is 1. The lowest BCUT2D eigenvalue weighted by atomic mass is 10.1. The average molecular weight is 212 g/mol. The molecule has 14 heavy (non-hydrogen) atoms. The maximum absolute atomic E-state index is 10.7. The summed E-state index contributed by atoms with van der Waals surface area (Å²) < 4.78 is 0.